The van der Waals surface area contributed by atoms with Crippen molar-refractivity contribution in [2.24, 2.45) is 0 Å². The summed E-state index contributed by atoms with van der Waals surface area (Å²) in [4.78, 5) is 44.8. The molecule has 1 aromatic rings. The molecule has 0 radical (unpaired) electrons. The first-order valence-electron chi connectivity index (χ1n) is 7.04. The normalized spacial score (nSPS) is 21.2. The molecule has 8 nitrogen and oxygen atoms in total. The number of amides is 4. The molecular weight excluding hydrogens is 286 g/mol. The number of imide groups is 1. The SMILES string of the molecule is CNc1ccc(C(=O)N2CCN3C(=O)N(C)C(=O)C3C2)cn1. The summed E-state index contributed by atoms with van der Waals surface area (Å²) in [6, 6.07) is 2.56. The zero-order chi connectivity index (χ0) is 15.9. The lowest BCUT2D eigenvalue weighted by molar-refractivity contribution is -0.128. The average molecular weight is 303 g/mol. The van der Waals surface area contributed by atoms with Crippen molar-refractivity contribution in [3.05, 3.63) is 23.9 Å². The van der Waals surface area contributed by atoms with Gasteiger partial charge >= 0.3 is 6.03 Å². The highest BCUT2D eigenvalue weighted by Crippen LogP contribution is 2.21. The van der Waals surface area contributed by atoms with Crippen molar-refractivity contribution in [2.45, 2.75) is 6.04 Å². The minimum Gasteiger partial charge on any atom is -0.373 e. The van der Waals surface area contributed by atoms with Gasteiger partial charge in [0.05, 0.1) is 12.1 Å². The molecule has 0 bridgehead atoms. The minimum absolute atomic E-state index is 0.176. The van der Waals surface area contributed by atoms with E-state index in [4.69, 9.17) is 0 Å². The van der Waals surface area contributed by atoms with Crippen molar-refractivity contribution in [1.82, 2.24) is 19.7 Å². The summed E-state index contributed by atoms with van der Waals surface area (Å²) in [6.45, 7) is 1.00. The average Bonchev–Trinajstić information content (AvgIpc) is 2.78. The number of urea groups is 1. The monoisotopic (exact) mass is 303 g/mol. The van der Waals surface area contributed by atoms with Crippen LogP contribution in [0.5, 0.6) is 0 Å². The number of likely N-dealkylation sites (N-methyl/N-ethyl adjacent to an activating group) is 1. The van der Waals surface area contributed by atoms with Crippen molar-refractivity contribution in [3.63, 3.8) is 0 Å². The zero-order valence-corrected chi connectivity index (χ0v) is 12.4. The van der Waals surface area contributed by atoms with Crippen LogP contribution >= 0.6 is 0 Å². The Kier molecular flexibility index (Phi) is 3.44. The fourth-order valence-corrected chi connectivity index (χ4v) is 2.77. The van der Waals surface area contributed by atoms with Crippen LogP contribution in [-0.4, -0.2) is 77.3 Å². The molecule has 1 N–H and O–H groups in total. The van der Waals surface area contributed by atoms with Crippen LogP contribution < -0.4 is 5.32 Å². The van der Waals surface area contributed by atoms with Gasteiger partial charge in [-0.2, -0.15) is 0 Å². The van der Waals surface area contributed by atoms with E-state index in [1.807, 2.05) is 0 Å². The first kappa shape index (κ1) is 14.3. The van der Waals surface area contributed by atoms with Crippen LogP contribution in [-0.2, 0) is 4.79 Å². The number of hydrogen-bond acceptors (Lipinski definition) is 5. The Morgan fingerprint density at radius 3 is 2.73 bits per heavy atom. The van der Waals surface area contributed by atoms with Gasteiger partial charge in [-0.25, -0.2) is 9.78 Å². The van der Waals surface area contributed by atoms with Gasteiger partial charge in [0.15, 0.2) is 0 Å². The molecule has 8 heteroatoms. The smallest absolute Gasteiger partial charge is 0.327 e. The fraction of sp³-hybridized carbons (Fsp3) is 0.429. The van der Waals surface area contributed by atoms with E-state index in [0.717, 1.165) is 4.90 Å². The second kappa shape index (κ2) is 5.28. The number of anilines is 1. The zero-order valence-electron chi connectivity index (χ0n) is 12.4. The number of carbonyl (C=O) groups is 3. The quantitative estimate of drug-likeness (QED) is 0.767. The molecule has 3 rings (SSSR count). The molecular formula is C14H17N5O3. The third kappa shape index (κ3) is 2.16. The Balaban J connectivity index is 1.75. The van der Waals surface area contributed by atoms with Gasteiger partial charge in [-0.3, -0.25) is 14.5 Å². The van der Waals surface area contributed by atoms with Crippen molar-refractivity contribution >= 4 is 23.7 Å². The van der Waals surface area contributed by atoms with Crippen LogP contribution in [0.4, 0.5) is 10.6 Å². The summed E-state index contributed by atoms with van der Waals surface area (Å²) in [5.41, 5.74) is 0.470. The molecule has 2 aliphatic rings. The Labute approximate surface area is 127 Å². The van der Waals surface area contributed by atoms with Gasteiger partial charge in [-0.1, -0.05) is 0 Å². The number of nitrogens with one attached hydrogen (secondary N) is 1. The molecule has 2 fully saturated rings. The van der Waals surface area contributed by atoms with Gasteiger partial charge in [0.1, 0.15) is 11.9 Å². The van der Waals surface area contributed by atoms with Crippen molar-refractivity contribution in [2.75, 3.05) is 39.0 Å². The number of piperazine rings is 1. The summed E-state index contributed by atoms with van der Waals surface area (Å²) in [6.07, 6.45) is 1.51. The van der Waals surface area contributed by atoms with E-state index in [0.29, 0.717) is 24.5 Å². The number of hydrogen-bond donors (Lipinski definition) is 1. The van der Waals surface area contributed by atoms with Gasteiger partial charge < -0.3 is 15.1 Å². The molecule has 2 aliphatic heterocycles. The lowest BCUT2D eigenvalue weighted by Crippen LogP contribution is -2.54. The number of carbonyl (C=O) groups excluding carboxylic acids is 3. The second-order valence-electron chi connectivity index (χ2n) is 5.32. The van der Waals surface area contributed by atoms with Gasteiger partial charge in [-0.15, -0.1) is 0 Å². The van der Waals surface area contributed by atoms with Gasteiger partial charge in [-0.05, 0) is 12.1 Å². The van der Waals surface area contributed by atoms with Gasteiger partial charge in [0.2, 0.25) is 0 Å². The molecule has 4 amide bonds. The second-order valence-corrected chi connectivity index (χ2v) is 5.32. The maximum absolute atomic E-state index is 12.5. The Bertz CT molecular complexity index is 630. The van der Waals surface area contributed by atoms with E-state index in [2.05, 4.69) is 10.3 Å². The maximum atomic E-state index is 12.5. The molecule has 0 aliphatic carbocycles. The topological polar surface area (TPSA) is 85.9 Å². The maximum Gasteiger partial charge on any atom is 0.327 e. The Hall–Kier alpha value is -2.64. The van der Waals surface area contributed by atoms with E-state index in [-0.39, 0.29) is 24.4 Å². The van der Waals surface area contributed by atoms with Crippen LogP contribution in [0.1, 0.15) is 10.4 Å². The van der Waals surface area contributed by atoms with Crippen LogP contribution in [0, 0.1) is 0 Å². The van der Waals surface area contributed by atoms with Crippen LogP contribution in [0.15, 0.2) is 18.3 Å². The number of aromatic nitrogens is 1. The highest BCUT2D eigenvalue weighted by Gasteiger charge is 2.46. The Morgan fingerprint density at radius 1 is 1.32 bits per heavy atom. The van der Waals surface area contributed by atoms with Crippen molar-refractivity contribution < 1.29 is 14.4 Å². The highest BCUT2D eigenvalue weighted by atomic mass is 16.2. The summed E-state index contributed by atoms with van der Waals surface area (Å²) < 4.78 is 0. The lowest BCUT2D eigenvalue weighted by atomic mass is 10.1. The number of fused-ring (bicyclic) bond motifs is 1. The standard InChI is InChI=1S/C14H17N5O3/c1-15-11-4-3-9(7-16-11)12(20)18-5-6-19-10(8-18)13(21)17(2)14(19)22/h3-4,7,10H,5-6,8H2,1-2H3,(H,15,16). The summed E-state index contributed by atoms with van der Waals surface area (Å²) in [5, 5.41) is 2.89. The minimum atomic E-state index is -0.570. The number of pyridine rings is 1. The van der Waals surface area contributed by atoms with Crippen LogP contribution in [0.3, 0.4) is 0 Å². The predicted molar refractivity (Wildman–Crippen MR) is 78.3 cm³/mol. The van der Waals surface area contributed by atoms with Crippen LogP contribution in [0.25, 0.3) is 0 Å². The molecule has 0 saturated carbocycles. The number of nitrogens with zero attached hydrogens (tertiary/aromatic N) is 4. The van der Waals surface area contributed by atoms with Crippen molar-refractivity contribution in [1.29, 1.82) is 0 Å². The molecule has 2 saturated heterocycles. The molecule has 0 spiro atoms. The third-order valence-corrected chi connectivity index (χ3v) is 4.08. The molecule has 116 valence electrons. The number of rotatable bonds is 2. The van der Waals surface area contributed by atoms with E-state index in [1.54, 1.807) is 24.1 Å². The molecule has 1 unspecified atom stereocenters. The summed E-state index contributed by atoms with van der Waals surface area (Å²) in [5.74, 6) is 0.246. The highest BCUT2D eigenvalue weighted by molar-refractivity contribution is 6.05. The molecule has 1 aromatic heterocycles. The van der Waals surface area contributed by atoms with Gasteiger partial charge in [0, 0.05) is 33.4 Å². The molecule has 22 heavy (non-hydrogen) atoms. The molecule has 3 heterocycles. The van der Waals surface area contributed by atoms with E-state index >= 15 is 0 Å². The molecule has 1 atom stereocenters. The lowest BCUT2D eigenvalue weighted by Gasteiger charge is -2.35. The summed E-state index contributed by atoms with van der Waals surface area (Å²) in [7, 11) is 3.22. The predicted octanol–water partition coefficient (Wildman–Crippen LogP) is -0.158. The van der Waals surface area contributed by atoms with Crippen molar-refractivity contribution in [3.8, 4) is 0 Å². The van der Waals surface area contributed by atoms with E-state index in [9.17, 15) is 14.4 Å². The van der Waals surface area contributed by atoms with E-state index in [1.165, 1.54) is 18.1 Å². The van der Waals surface area contributed by atoms with E-state index < -0.39 is 6.04 Å². The Morgan fingerprint density at radius 2 is 2.09 bits per heavy atom. The third-order valence-electron chi connectivity index (χ3n) is 4.08. The van der Waals surface area contributed by atoms with Gasteiger partial charge in [0.25, 0.3) is 11.8 Å². The largest absolute Gasteiger partial charge is 0.373 e. The summed E-state index contributed by atoms with van der Waals surface area (Å²) >= 11 is 0. The first-order valence-corrected chi connectivity index (χ1v) is 7.04. The first-order chi connectivity index (χ1) is 10.5. The fourth-order valence-electron chi connectivity index (χ4n) is 2.77. The van der Waals surface area contributed by atoms with Crippen LogP contribution in [0.2, 0.25) is 0 Å². The molecule has 0 aromatic carbocycles.